The van der Waals surface area contributed by atoms with Crippen LogP contribution in [0.5, 0.6) is 0 Å². The van der Waals surface area contributed by atoms with Gasteiger partial charge >= 0.3 is 0 Å². The van der Waals surface area contributed by atoms with Gasteiger partial charge in [0.05, 0.1) is 16.0 Å². The molecule has 6 heteroatoms. The van der Waals surface area contributed by atoms with Crippen molar-refractivity contribution in [2.75, 3.05) is 11.4 Å². The van der Waals surface area contributed by atoms with Gasteiger partial charge in [-0.2, -0.15) is 0 Å². The van der Waals surface area contributed by atoms with Crippen LogP contribution in [-0.4, -0.2) is 17.4 Å². The summed E-state index contributed by atoms with van der Waals surface area (Å²) in [6.45, 7) is 0.503. The number of carbonyl (C=O) groups excluding carboxylic acids is 1. The Morgan fingerprint density at radius 1 is 1.20 bits per heavy atom. The normalized spacial score (nSPS) is 17.7. The Morgan fingerprint density at radius 3 is 2.64 bits per heavy atom. The van der Waals surface area contributed by atoms with Gasteiger partial charge in [-0.15, -0.1) is 0 Å². The molecular formula is C19H17FN2O3. The predicted molar refractivity (Wildman–Crippen MR) is 91.1 cm³/mol. The molecule has 1 fully saturated rings. The average Bonchev–Trinajstić information content (AvgIpc) is 3.42. The van der Waals surface area contributed by atoms with E-state index in [-0.39, 0.29) is 17.4 Å². The molecule has 0 saturated heterocycles. The van der Waals surface area contributed by atoms with Gasteiger partial charge in [0, 0.05) is 24.2 Å². The molecule has 4 rings (SSSR count). The lowest BCUT2D eigenvalue weighted by molar-refractivity contribution is -0.384. The fraction of sp³-hybridized carbons (Fsp3) is 0.316. The highest BCUT2D eigenvalue weighted by molar-refractivity contribution is 6.04. The minimum Gasteiger partial charge on any atom is -0.311 e. The molecule has 1 amide bonds. The zero-order valence-corrected chi connectivity index (χ0v) is 13.6. The minimum absolute atomic E-state index is 0.0332. The Hall–Kier alpha value is -2.76. The van der Waals surface area contributed by atoms with Gasteiger partial charge in [0.1, 0.15) is 5.82 Å². The van der Waals surface area contributed by atoms with E-state index in [0.717, 1.165) is 18.4 Å². The van der Waals surface area contributed by atoms with Crippen LogP contribution in [0.2, 0.25) is 0 Å². The van der Waals surface area contributed by atoms with Gasteiger partial charge in [-0.25, -0.2) is 4.39 Å². The topological polar surface area (TPSA) is 63.5 Å². The van der Waals surface area contributed by atoms with E-state index >= 15 is 0 Å². The Balaban J connectivity index is 1.74. The second-order valence-electron chi connectivity index (χ2n) is 6.69. The highest BCUT2D eigenvalue weighted by Crippen LogP contribution is 2.51. The van der Waals surface area contributed by atoms with Crippen molar-refractivity contribution in [3.63, 3.8) is 0 Å². The smallest absolute Gasteiger partial charge is 0.271 e. The van der Waals surface area contributed by atoms with Crippen molar-refractivity contribution < 1.29 is 14.1 Å². The van der Waals surface area contributed by atoms with Crippen LogP contribution in [0, 0.1) is 15.9 Å². The number of nitro groups is 1. The maximum absolute atomic E-state index is 14.3. The third kappa shape index (κ3) is 2.49. The van der Waals surface area contributed by atoms with E-state index < -0.39 is 10.3 Å². The number of halogens is 1. The second-order valence-corrected chi connectivity index (χ2v) is 6.69. The molecule has 5 nitrogen and oxygen atoms in total. The maximum Gasteiger partial charge on any atom is 0.271 e. The number of fused-ring (bicyclic) bond motifs is 1. The third-order valence-electron chi connectivity index (χ3n) is 5.19. The van der Waals surface area contributed by atoms with Gasteiger partial charge in [0.25, 0.3) is 5.69 Å². The number of nitrogens with zero attached hydrogens (tertiary/aromatic N) is 2. The van der Waals surface area contributed by atoms with Gasteiger partial charge in [0.15, 0.2) is 0 Å². The molecule has 0 spiro atoms. The van der Waals surface area contributed by atoms with Crippen LogP contribution in [0.15, 0.2) is 42.5 Å². The molecule has 1 aliphatic carbocycles. The largest absolute Gasteiger partial charge is 0.311 e. The van der Waals surface area contributed by atoms with Crippen LogP contribution in [0.4, 0.5) is 15.8 Å². The van der Waals surface area contributed by atoms with E-state index in [2.05, 4.69) is 0 Å². The predicted octanol–water partition coefficient (Wildman–Crippen LogP) is 3.74. The summed E-state index contributed by atoms with van der Waals surface area (Å²) < 4.78 is 14.3. The Morgan fingerprint density at radius 2 is 1.96 bits per heavy atom. The van der Waals surface area contributed by atoms with E-state index in [1.807, 2.05) is 0 Å². The molecule has 2 aromatic rings. The fourth-order valence-electron chi connectivity index (χ4n) is 3.72. The molecule has 25 heavy (non-hydrogen) atoms. The van der Waals surface area contributed by atoms with Gasteiger partial charge in [-0.3, -0.25) is 14.9 Å². The SMILES string of the molecule is O=C(N1CCCc2ccc([N+](=O)[O-])cc21)C1(c2ccccc2F)CC1. The number of carbonyl (C=O) groups is 1. The lowest BCUT2D eigenvalue weighted by Crippen LogP contribution is -2.42. The highest BCUT2D eigenvalue weighted by Gasteiger charge is 2.55. The van der Waals surface area contributed by atoms with Crippen molar-refractivity contribution in [2.24, 2.45) is 0 Å². The molecule has 0 bridgehead atoms. The summed E-state index contributed by atoms with van der Waals surface area (Å²) in [7, 11) is 0. The summed E-state index contributed by atoms with van der Waals surface area (Å²) in [5.41, 5.74) is 1.08. The molecule has 2 aliphatic rings. The number of aryl methyl sites for hydroxylation is 1. The maximum atomic E-state index is 14.3. The van der Waals surface area contributed by atoms with Crippen LogP contribution in [0.3, 0.4) is 0 Å². The van der Waals surface area contributed by atoms with Crippen LogP contribution < -0.4 is 4.90 Å². The Labute approximate surface area is 144 Å². The summed E-state index contributed by atoms with van der Waals surface area (Å²) in [5, 5.41) is 11.1. The average molecular weight is 340 g/mol. The first-order valence-electron chi connectivity index (χ1n) is 8.37. The number of rotatable bonds is 3. The zero-order chi connectivity index (χ0) is 17.6. The van der Waals surface area contributed by atoms with E-state index in [4.69, 9.17) is 0 Å². The number of hydrogen-bond acceptors (Lipinski definition) is 3. The van der Waals surface area contributed by atoms with Crippen molar-refractivity contribution in [3.8, 4) is 0 Å². The molecule has 0 aromatic heterocycles. The molecule has 1 saturated carbocycles. The van der Waals surface area contributed by atoms with Gasteiger partial charge in [-0.05, 0) is 37.3 Å². The third-order valence-corrected chi connectivity index (χ3v) is 5.19. The lowest BCUT2D eigenvalue weighted by Gasteiger charge is -2.32. The fourth-order valence-corrected chi connectivity index (χ4v) is 3.72. The first kappa shape index (κ1) is 15.7. The summed E-state index contributed by atoms with van der Waals surface area (Å²) in [6, 6.07) is 11.0. The molecule has 0 radical (unpaired) electrons. The minimum atomic E-state index is -0.829. The van der Waals surface area contributed by atoms with Crippen molar-refractivity contribution in [1.29, 1.82) is 0 Å². The highest BCUT2D eigenvalue weighted by atomic mass is 19.1. The second kappa shape index (κ2) is 5.65. The van der Waals surface area contributed by atoms with Crippen LogP contribution in [0.1, 0.15) is 30.4 Å². The van der Waals surface area contributed by atoms with Gasteiger partial charge < -0.3 is 4.90 Å². The molecular weight excluding hydrogens is 323 g/mol. The Kier molecular flexibility index (Phi) is 3.56. The summed E-state index contributed by atoms with van der Waals surface area (Å²) in [6.07, 6.45) is 2.79. The number of amides is 1. The Bertz CT molecular complexity index is 877. The van der Waals surface area contributed by atoms with E-state index in [9.17, 15) is 19.3 Å². The first-order valence-corrected chi connectivity index (χ1v) is 8.37. The van der Waals surface area contributed by atoms with Crippen molar-refractivity contribution >= 4 is 17.3 Å². The summed E-state index contributed by atoms with van der Waals surface area (Å²) in [4.78, 5) is 25.5. The van der Waals surface area contributed by atoms with Gasteiger partial charge in [0.2, 0.25) is 5.91 Å². The number of nitro benzene ring substituents is 1. The van der Waals surface area contributed by atoms with Crippen molar-refractivity contribution in [2.45, 2.75) is 31.1 Å². The molecule has 0 N–H and O–H groups in total. The number of non-ortho nitro benzene ring substituents is 1. The van der Waals surface area contributed by atoms with Crippen molar-refractivity contribution in [1.82, 2.24) is 0 Å². The van der Waals surface area contributed by atoms with Crippen molar-refractivity contribution in [3.05, 3.63) is 69.5 Å². The summed E-state index contributed by atoms with van der Waals surface area (Å²) >= 11 is 0. The molecule has 0 atom stereocenters. The monoisotopic (exact) mass is 340 g/mol. The lowest BCUT2D eigenvalue weighted by atomic mass is 9.91. The van der Waals surface area contributed by atoms with E-state index in [0.29, 0.717) is 30.6 Å². The van der Waals surface area contributed by atoms with E-state index in [1.54, 1.807) is 29.2 Å². The van der Waals surface area contributed by atoms with Crippen LogP contribution in [0.25, 0.3) is 0 Å². The standard InChI is InChI=1S/C19H17FN2O3/c20-16-6-2-1-5-15(16)19(9-10-19)18(23)21-11-3-4-13-7-8-14(22(24)25)12-17(13)21/h1-2,5-8,12H,3-4,9-11H2. The molecule has 1 aliphatic heterocycles. The molecule has 1 heterocycles. The zero-order valence-electron chi connectivity index (χ0n) is 13.6. The molecule has 128 valence electrons. The van der Waals surface area contributed by atoms with Crippen LogP contribution in [-0.2, 0) is 16.6 Å². The molecule has 2 aromatic carbocycles. The number of anilines is 1. The summed E-state index contributed by atoms with van der Waals surface area (Å²) in [5.74, 6) is -0.524. The number of benzene rings is 2. The number of hydrogen-bond donors (Lipinski definition) is 0. The first-order chi connectivity index (χ1) is 12.0. The quantitative estimate of drug-likeness (QED) is 0.631. The van der Waals surface area contributed by atoms with Crippen LogP contribution >= 0.6 is 0 Å². The molecule has 0 unspecified atom stereocenters. The van der Waals surface area contributed by atoms with Gasteiger partial charge in [-0.1, -0.05) is 24.3 Å². The van der Waals surface area contributed by atoms with E-state index in [1.165, 1.54) is 18.2 Å².